The van der Waals surface area contributed by atoms with Crippen LogP contribution >= 0.6 is 0 Å². The van der Waals surface area contributed by atoms with Crippen LogP contribution in [0.1, 0.15) is 11.1 Å². The maximum absolute atomic E-state index is 12.7. The molecule has 0 aliphatic carbocycles. The van der Waals surface area contributed by atoms with E-state index in [9.17, 15) is 12.8 Å². The molecule has 1 N–H and O–H groups in total. The molecule has 0 amide bonds. The number of sulfonamides is 1. The van der Waals surface area contributed by atoms with Gasteiger partial charge in [0.2, 0.25) is 10.0 Å². The van der Waals surface area contributed by atoms with E-state index < -0.39 is 10.0 Å². The van der Waals surface area contributed by atoms with Crippen molar-refractivity contribution in [3.05, 3.63) is 65.5 Å². The van der Waals surface area contributed by atoms with Gasteiger partial charge in [0, 0.05) is 6.54 Å². The van der Waals surface area contributed by atoms with Gasteiger partial charge >= 0.3 is 0 Å². The lowest BCUT2D eigenvalue weighted by Crippen LogP contribution is -2.26. The molecule has 0 unspecified atom stereocenters. The van der Waals surface area contributed by atoms with Crippen LogP contribution < -0.4 is 4.72 Å². The minimum absolute atomic E-state index is 0.261. The van der Waals surface area contributed by atoms with Crippen molar-refractivity contribution in [2.24, 2.45) is 0 Å². The smallest absolute Gasteiger partial charge is 0.211 e. The minimum atomic E-state index is -3.49. The van der Waals surface area contributed by atoms with Crippen molar-refractivity contribution in [1.82, 2.24) is 4.72 Å². The lowest BCUT2D eigenvalue weighted by Gasteiger charge is -2.07. The molecular formula is C15H16FNO2S. The Balaban J connectivity index is 1.98. The fourth-order valence-corrected chi connectivity index (χ4v) is 2.98. The van der Waals surface area contributed by atoms with Gasteiger partial charge < -0.3 is 0 Å². The van der Waals surface area contributed by atoms with Gasteiger partial charge in [-0.05, 0) is 48.7 Å². The Kier molecular flexibility index (Phi) is 4.52. The van der Waals surface area contributed by atoms with Gasteiger partial charge in [0.25, 0.3) is 0 Å². The zero-order valence-electron chi connectivity index (χ0n) is 11.1. The Morgan fingerprint density at radius 3 is 2.45 bits per heavy atom. The number of hydrogen-bond acceptors (Lipinski definition) is 2. The van der Waals surface area contributed by atoms with Gasteiger partial charge in [0.1, 0.15) is 5.82 Å². The van der Waals surface area contributed by atoms with Crippen molar-refractivity contribution < 1.29 is 12.8 Å². The molecule has 0 bridgehead atoms. The molecule has 0 saturated heterocycles. The molecule has 0 fully saturated rings. The lowest BCUT2D eigenvalue weighted by molar-refractivity contribution is 0.581. The second-order valence-corrected chi connectivity index (χ2v) is 6.36. The van der Waals surface area contributed by atoms with E-state index in [2.05, 4.69) is 4.72 Å². The van der Waals surface area contributed by atoms with Crippen LogP contribution in [0.4, 0.5) is 4.39 Å². The summed E-state index contributed by atoms with van der Waals surface area (Å²) in [6.45, 7) is 2.12. The summed E-state index contributed by atoms with van der Waals surface area (Å²) in [5.41, 5.74) is 1.78. The number of hydrogen-bond donors (Lipinski definition) is 1. The minimum Gasteiger partial charge on any atom is -0.211 e. The average Bonchev–Trinajstić information content (AvgIpc) is 2.41. The van der Waals surface area contributed by atoms with Gasteiger partial charge in [-0.3, -0.25) is 0 Å². The predicted molar refractivity (Wildman–Crippen MR) is 76.5 cm³/mol. The Hall–Kier alpha value is -1.72. The monoisotopic (exact) mass is 293 g/mol. The van der Waals surface area contributed by atoms with Crippen molar-refractivity contribution in [3.8, 4) is 0 Å². The van der Waals surface area contributed by atoms with Gasteiger partial charge in [-0.15, -0.1) is 0 Å². The average molecular weight is 293 g/mol. The first-order valence-corrected chi connectivity index (χ1v) is 7.76. The highest BCUT2D eigenvalue weighted by Gasteiger charge is 2.12. The molecule has 0 saturated carbocycles. The first kappa shape index (κ1) is 14.7. The summed E-state index contributed by atoms with van der Waals surface area (Å²) in [6, 6.07) is 12.8. The number of rotatable bonds is 5. The molecule has 0 heterocycles. The largest absolute Gasteiger partial charge is 0.240 e. The van der Waals surface area contributed by atoms with Gasteiger partial charge in [-0.25, -0.2) is 17.5 Å². The fraction of sp³-hybridized carbons (Fsp3) is 0.200. The Labute approximate surface area is 118 Å². The summed E-state index contributed by atoms with van der Waals surface area (Å²) in [7, 11) is -3.49. The Morgan fingerprint density at radius 1 is 1.10 bits per heavy atom. The number of nitrogens with one attached hydrogen (secondary N) is 1. The molecule has 0 aliphatic rings. The summed E-state index contributed by atoms with van der Waals surface area (Å²) in [4.78, 5) is 0.261. The first-order valence-electron chi connectivity index (χ1n) is 6.28. The van der Waals surface area contributed by atoms with E-state index in [0.29, 0.717) is 6.42 Å². The molecule has 0 aromatic heterocycles. The standard InChI is InChI=1S/C15H16FNO2S/c1-12-3-2-4-15(11-12)20(18,19)17-10-9-13-5-7-14(16)8-6-13/h2-8,11,17H,9-10H2,1H3. The molecule has 5 heteroatoms. The third-order valence-corrected chi connectivity index (χ3v) is 4.38. The van der Waals surface area contributed by atoms with E-state index in [1.54, 1.807) is 30.3 Å². The molecule has 3 nitrogen and oxygen atoms in total. The first-order chi connectivity index (χ1) is 9.47. The molecule has 0 aliphatic heterocycles. The maximum Gasteiger partial charge on any atom is 0.240 e. The van der Waals surface area contributed by atoms with E-state index in [1.807, 2.05) is 13.0 Å². The van der Waals surface area contributed by atoms with Crippen LogP contribution in [0, 0.1) is 12.7 Å². The number of aryl methyl sites for hydroxylation is 1. The number of halogens is 1. The molecular weight excluding hydrogens is 277 g/mol. The molecule has 0 atom stereocenters. The summed E-state index contributed by atoms with van der Waals surface area (Å²) in [5.74, 6) is -0.297. The molecule has 2 aromatic rings. The van der Waals surface area contributed by atoms with Crippen molar-refractivity contribution in [2.45, 2.75) is 18.2 Å². The van der Waals surface area contributed by atoms with Crippen LogP contribution in [0.2, 0.25) is 0 Å². The zero-order chi connectivity index (χ0) is 14.6. The Morgan fingerprint density at radius 2 is 1.80 bits per heavy atom. The Bertz CT molecular complexity index is 681. The molecule has 0 spiro atoms. The molecule has 106 valence electrons. The van der Waals surface area contributed by atoms with Gasteiger partial charge in [0.15, 0.2) is 0 Å². The van der Waals surface area contributed by atoms with E-state index in [-0.39, 0.29) is 17.3 Å². The highest BCUT2D eigenvalue weighted by atomic mass is 32.2. The van der Waals surface area contributed by atoms with Gasteiger partial charge in [0.05, 0.1) is 4.90 Å². The van der Waals surface area contributed by atoms with Crippen LogP contribution in [0.25, 0.3) is 0 Å². The van der Waals surface area contributed by atoms with E-state index in [0.717, 1.165) is 11.1 Å². The van der Waals surface area contributed by atoms with Crippen LogP contribution in [0.5, 0.6) is 0 Å². The summed E-state index contributed by atoms with van der Waals surface area (Å²) < 4.78 is 39.4. The van der Waals surface area contributed by atoms with Crippen molar-refractivity contribution >= 4 is 10.0 Å². The van der Waals surface area contributed by atoms with Crippen molar-refractivity contribution in [2.75, 3.05) is 6.54 Å². The molecule has 0 radical (unpaired) electrons. The quantitative estimate of drug-likeness (QED) is 0.921. The highest BCUT2D eigenvalue weighted by Crippen LogP contribution is 2.10. The van der Waals surface area contributed by atoms with E-state index in [1.165, 1.54) is 12.1 Å². The van der Waals surface area contributed by atoms with Crippen LogP contribution in [0.3, 0.4) is 0 Å². The van der Waals surface area contributed by atoms with Crippen molar-refractivity contribution in [1.29, 1.82) is 0 Å². The summed E-state index contributed by atoms with van der Waals surface area (Å²) >= 11 is 0. The third-order valence-electron chi connectivity index (χ3n) is 2.92. The van der Waals surface area contributed by atoms with Crippen molar-refractivity contribution in [3.63, 3.8) is 0 Å². The maximum atomic E-state index is 12.7. The summed E-state index contributed by atoms with van der Waals surface area (Å²) in [5, 5.41) is 0. The normalized spacial score (nSPS) is 11.5. The highest BCUT2D eigenvalue weighted by molar-refractivity contribution is 7.89. The predicted octanol–water partition coefficient (Wildman–Crippen LogP) is 2.66. The van der Waals surface area contributed by atoms with E-state index in [4.69, 9.17) is 0 Å². The second-order valence-electron chi connectivity index (χ2n) is 4.59. The second kappa shape index (κ2) is 6.15. The van der Waals surface area contributed by atoms with Crippen LogP contribution in [0.15, 0.2) is 53.4 Å². The molecule has 2 rings (SSSR count). The van der Waals surface area contributed by atoms with E-state index >= 15 is 0 Å². The summed E-state index contributed by atoms with van der Waals surface area (Å²) in [6.07, 6.45) is 0.519. The zero-order valence-corrected chi connectivity index (χ0v) is 12.0. The van der Waals surface area contributed by atoms with Gasteiger partial charge in [-0.1, -0.05) is 24.3 Å². The third kappa shape index (κ3) is 3.88. The van der Waals surface area contributed by atoms with Crippen LogP contribution in [-0.2, 0) is 16.4 Å². The molecule has 2 aromatic carbocycles. The lowest BCUT2D eigenvalue weighted by atomic mass is 10.1. The van der Waals surface area contributed by atoms with Gasteiger partial charge in [-0.2, -0.15) is 0 Å². The molecule has 20 heavy (non-hydrogen) atoms. The number of benzene rings is 2. The topological polar surface area (TPSA) is 46.2 Å². The SMILES string of the molecule is Cc1cccc(S(=O)(=O)NCCc2ccc(F)cc2)c1. The van der Waals surface area contributed by atoms with Crippen LogP contribution in [-0.4, -0.2) is 15.0 Å². The fourth-order valence-electron chi connectivity index (χ4n) is 1.85.